The van der Waals surface area contributed by atoms with Crippen molar-refractivity contribution in [1.82, 2.24) is 20.0 Å². The molecule has 10 nitrogen and oxygen atoms in total. The Kier molecular flexibility index (Phi) is 5.29. The summed E-state index contributed by atoms with van der Waals surface area (Å²) in [5, 5.41) is 3.92. The molecule has 0 spiro atoms. The van der Waals surface area contributed by atoms with E-state index in [0.717, 1.165) is 30.5 Å². The smallest absolute Gasteiger partial charge is 0.276 e. The lowest BCUT2D eigenvalue weighted by Crippen LogP contribution is -2.49. The molecule has 3 aromatic heterocycles. The maximum Gasteiger partial charge on any atom is 0.276 e. The second-order valence-corrected chi connectivity index (χ2v) is 7.60. The van der Waals surface area contributed by atoms with Gasteiger partial charge in [0.1, 0.15) is 5.82 Å². The number of rotatable bonds is 4. The lowest BCUT2D eigenvalue weighted by Gasteiger charge is -2.35. The monoisotopic (exact) mass is 424 g/mol. The standard InChI is InChI=1S/C21H24N6O4/c1-15-13-19(23-21(22-15)27-8-11-29-12-9-27)25-4-6-26(7-5-25)20(28)16-14-18(31-24-16)17-3-2-10-30-17/h2-3,10,13-14H,4-9,11-12H2,1H3. The molecule has 2 aliphatic heterocycles. The van der Waals surface area contributed by atoms with Gasteiger partial charge in [0, 0.05) is 57.1 Å². The molecule has 5 heterocycles. The van der Waals surface area contributed by atoms with Crippen molar-refractivity contribution in [3.05, 3.63) is 41.9 Å². The van der Waals surface area contributed by atoms with Crippen LogP contribution in [0.5, 0.6) is 0 Å². The fraction of sp³-hybridized carbons (Fsp3) is 0.429. The van der Waals surface area contributed by atoms with Gasteiger partial charge < -0.3 is 28.4 Å². The molecule has 0 N–H and O–H groups in total. The summed E-state index contributed by atoms with van der Waals surface area (Å²) in [5.74, 6) is 2.48. The molecule has 0 bridgehead atoms. The first kappa shape index (κ1) is 19.6. The van der Waals surface area contributed by atoms with Gasteiger partial charge in [0.25, 0.3) is 5.91 Å². The van der Waals surface area contributed by atoms with E-state index < -0.39 is 0 Å². The summed E-state index contributed by atoms with van der Waals surface area (Å²) in [6.07, 6.45) is 1.55. The number of nitrogens with zero attached hydrogens (tertiary/aromatic N) is 6. The van der Waals surface area contributed by atoms with Crippen LogP contribution >= 0.6 is 0 Å². The number of carbonyl (C=O) groups is 1. The van der Waals surface area contributed by atoms with Gasteiger partial charge >= 0.3 is 0 Å². The number of ether oxygens (including phenoxy) is 1. The predicted octanol–water partition coefficient (Wildman–Crippen LogP) is 1.83. The number of morpholine rings is 1. The van der Waals surface area contributed by atoms with Crippen LogP contribution in [-0.4, -0.2) is 78.4 Å². The van der Waals surface area contributed by atoms with Crippen LogP contribution in [-0.2, 0) is 4.74 Å². The first-order valence-corrected chi connectivity index (χ1v) is 10.4. The van der Waals surface area contributed by atoms with E-state index in [1.54, 1.807) is 29.4 Å². The Hall–Kier alpha value is -3.40. The second kappa shape index (κ2) is 8.38. The fourth-order valence-electron chi connectivity index (χ4n) is 3.81. The van der Waals surface area contributed by atoms with Gasteiger partial charge in [0.15, 0.2) is 11.5 Å². The van der Waals surface area contributed by atoms with E-state index in [1.807, 2.05) is 13.0 Å². The minimum atomic E-state index is -0.144. The number of aromatic nitrogens is 3. The first-order valence-electron chi connectivity index (χ1n) is 10.4. The van der Waals surface area contributed by atoms with Crippen LogP contribution in [0.1, 0.15) is 16.2 Å². The van der Waals surface area contributed by atoms with Crippen molar-refractivity contribution < 1.29 is 18.5 Å². The lowest BCUT2D eigenvalue weighted by molar-refractivity contribution is 0.0736. The summed E-state index contributed by atoms with van der Waals surface area (Å²) in [5.41, 5.74) is 1.21. The Morgan fingerprint density at radius 3 is 2.52 bits per heavy atom. The van der Waals surface area contributed by atoms with Crippen molar-refractivity contribution in [2.45, 2.75) is 6.92 Å². The number of piperazine rings is 1. The minimum Gasteiger partial charge on any atom is -0.461 e. The normalized spacial score (nSPS) is 17.3. The van der Waals surface area contributed by atoms with Crippen LogP contribution in [0.15, 0.2) is 39.5 Å². The van der Waals surface area contributed by atoms with E-state index in [4.69, 9.17) is 18.7 Å². The van der Waals surface area contributed by atoms with Crippen molar-refractivity contribution in [3.8, 4) is 11.5 Å². The lowest BCUT2D eigenvalue weighted by atomic mass is 10.2. The SMILES string of the molecule is Cc1cc(N2CCN(C(=O)c3cc(-c4ccco4)on3)CC2)nc(N2CCOCC2)n1. The third-order valence-electron chi connectivity index (χ3n) is 5.51. The van der Waals surface area contributed by atoms with E-state index in [1.165, 1.54) is 0 Å². The Morgan fingerprint density at radius 2 is 1.77 bits per heavy atom. The van der Waals surface area contributed by atoms with Gasteiger partial charge in [-0.25, -0.2) is 4.98 Å². The maximum atomic E-state index is 12.9. The average Bonchev–Trinajstić information content (AvgIpc) is 3.51. The zero-order chi connectivity index (χ0) is 21.2. The molecule has 0 aromatic carbocycles. The zero-order valence-electron chi connectivity index (χ0n) is 17.4. The average molecular weight is 424 g/mol. The second-order valence-electron chi connectivity index (χ2n) is 7.60. The molecule has 0 saturated carbocycles. The van der Waals surface area contributed by atoms with E-state index in [0.29, 0.717) is 50.9 Å². The van der Waals surface area contributed by atoms with Crippen LogP contribution in [0.3, 0.4) is 0 Å². The first-order chi connectivity index (χ1) is 15.2. The van der Waals surface area contributed by atoms with Gasteiger partial charge in [-0.1, -0.05) is 5.16 Å². The molecule has 0 unspecified atom stereocenters. The Bertz CT molecular complexity index is 1040. The number of anilines is 2. The van der Waals surface area contributed by atoms with Crippen molar-refractivity contribution >= 4 is 17.7 Å². The molecule has 5 rings (SSSR count). The summed E-state index contributed by atoms with van der Waals surface area (Å²) in [6, 6.07) is 7.14. The third kappa shape index (κ3) is 4.11. The van der Waals surface area contributed by atoms with Crippen molar-refractivity contribution in [2.75, 3.05) is 62.3 Å². The fourth-order valence-corrected chi connectivity index (χ4v) is 3.81. The zero-order valence-corrected chi connectivity index (χ0v) is 17.4. The van der Waals surface area contributed by atoms with Crippen molar-refractivity contribution in [3.63, 3.8) is 0 Å². The summed E-state index contributed by atoms with van der Waals surface area (Å²) < 4.78 is 16.0. The topological polar surface area (TPSA) is 101 Å². The number of aryl methyl sites for hydroxylation is 1. The Morgan fingerprint density at radius 1 is 0.968 bits per heavy atom. The predicted molar refractivity (Wildman–Crippen MR) is 112 cm³/mol. The molecule has 10 heteroatoms. The van der Waals surface area contributed by atoms with Crippen LogP contribution < -0.4 is 9.80 Å². The highest BCUT2D eigenvalue weighted by Gasteiger charge is 2.26. The van der Waals surface area contributed by atoms with Crippen molar-refractivity contribution in [2.24, 2.45) is 0 Å². The molecular formula is C21H24N6O4. The number of furan rings is 1. The molecule has 1 amide bonds. The quantitative estimate of drug-likeness (QED) is 0.621. The van der Waals surface area contributed by atoms with Gasteiger partial charge in [0.05, 0.1) is 19.5 Å². The maximum absolute atomic E-state index is 12.9. The molecule has 2 saturated heterocycles. The Labute approximate surface area is 179 Å². The van der Waals surface area contributed by atoms with Crippen LogP contribution in [0.4, 0.5) is 11.8 Å². The van der Waals surface area contributed by atoms with E-state index in [2.05, 4.69) is 19.9 Å². The molecule has 162 valence electrons. The van der Waals surface area contributed by atoms with E-state index in [-0.39, 0.29) is 11.6 Å². The van der Waals surface area contributed by atoms with E-state index in [9.17, 15) is 4.79 Å². The molecule has 0 aliphatic carbocycles. The number of carbonyl (C=O) groups excluding carboxylic acids is 1. The van der Waals surface area contributed by atoms with Gasteiger partial charge in [0.2, 0.25) is 11.7 Å². The summed E-state index contributed by atoms with van der Waals surface area (Å²) in [7, 11) is 0. The van der Waals surface area contributed by atoms with Gasteiger partial charge in [-0.2, -0.15) is 4.98 Å². The minimum absolute atomic E-state index is 0.144. The molecule has 31 heavy (non-hydrogen) atoms. The van der Waals surface area contributed by atoms with Gasteiger partial charge in [-0.05, 0) is 19.1 Å². The highest BCUT2D eigenvalue weighted by atomic mass is 16.5. The number of hydrogen-bond donors (Lipinski definition) is 0. The summed E-state index contributed by atoms with van der Waals surface area (Å²) in [6.45, 7) is 7.49. The van der Waals surface area contributed by atoms with Crippen LogP contribution in [0.25, 0.3) is 11.5 Å². The molecule has 2 fully saturated rings. The molecule has 3 aromatic rings. The molecular weight excluding hydrogens is 400 g/mol. The number of hydrogen-bond acceptors (Lipinski definition) is 9. The van der Waals surface area contributed by atoms with Crippen LogP contribution in [0.2, 0.25) is 0 Å². The largest absolute Gasteiger partial charge is 0.461 e. The van der Waals surface area contributed by atoms with Gasteiger partial charge in [-0.15, -0.1) is 0 Å². The van der Waals surface area contributed by atoms with E-state index >= 15 is 0 Å². The highest BCUT2D eigenvalue weighted by Crippen LogP contribution is 2.23. The summed E-state index contributed by atoms with van der Waals surface area (Å²) >= 11 is 0. The van der Waals surface area contributed by atoms with Gasteiger partial charge in [-0.3, -0.25) is 4.79 Å². The summed E-state index contributed by atoms with van der Waals surface area (Å²) in [4.78, 5) is 28.4. The van der Waals surface area contributed by atoms with Crippen molar-refractivity contribution in [1.29, 1.82) is 0 Å². The van der Waals surface area contributed by atoms with Crippen LogP contribution in [0, 0.1) is 6.92 Å². The molecule has 2 aliphatic rings. The highest BCUT2D eigenvalue weighted by molar-refractivity contribution is 5.93. The number of amides is 1. The molecule has 0 atom stereocenters. The molecule has 0 radical (unpaired) electrons. The Balaban J connectivity index is 1.24. The third-order valence-corrected chi connectivity index (χ3v) is 5.51.